The van der Waals surface area contributed by atoms with Gasteiger partial charge in [-0.15, -0.1) is 0 Å². The number of amides is 1. The van der Waals surface area contributed by atoms with Gasteiger partial charge in [0.2, 0.25) is 5.91 Å². The molecule has 2 N–H and O–H groups in total. The van der Waals surface area contributed by atoms with Gasteiger partial charge >= 0.3 is 5.97 Å². The fourth-order valence-corrected chi connectivity index (χ4v) is 3.62. The molecule has 4 nitrogen and oxygen atoms in total. The maximum absolute atomic E-state index is 13.0. The summed E-state index contributed by atoms with van der Waals surface area (Å²) in [4.78, 5) is 23.9. The van der Waals surface area contributed by atoms with Gasteiger partial charge in [-0.05, 0) is 54.0 Å². The smallest absolute Gasteiger partial charge is 0.312 e. The lowest BCUT2D eigenvalue weighted by Gasteiger charge is -2.25. The summed E-state index contributed by atoms with van der Waals surface area (Å²) in [7, 11) is 0. The molecule has 2 unspecified atom stereocenters. The van der Waals surface area contributed by atoms with Gasteiger partial charge in [0.05, 0.1) is 5.92 Å². The van der Waals surface area contributed by atoms with Crippen LogP contribution in [0.1, 0.15) is 47.8 Å². The number of carbonyl (C=O) groups is 2. The van der Waals surface area contributed by atoms with E-state index in [9.17, 15) is 19.1 Å². The van der Waals surface area contributed by atoms with Crippen LogP contribution in [0.4, 0.5) is 4.39 Å². The maximum atomic E-state index is 13.0. The van der Waals surface area contributed by atoms with Crippen molar-refractivity contribution < 1.29 is 19.1 Å². The van der Waals surface area contributed by atoms with Crippen LogP contribution in [0.2, 0.25) is 0 Å². The number of rotatable bonds is 6. The largest absolute Gasteiger partial charge is 0.481 e. The predicted octanol–water partition coefficient (Wildman–Crippen LogP) is 3.62. The number of aliphatic carboxylic acids is 1. The van der Waals surface area contributed by atoms with E-state index in [4.69, 9.17) is 0 Å². The number of aryl methyl sites for hydroxylation is 1. The summed E-state index contributed by atoms with van der Waals surface area (Å²) in [6.45, 7) is -0.00579. The van der Waals surface area contributed by atoms with E-state index in [1.165, 1.54) is 35.4 Å². The Morgan fingerprint density at radius 2 is 1.88 bits per heavy atom. The van der Waals surface area contributed by atoms with Gasteiger partial charge in [-0.2, -0.15) is 0 Å². The van der Waals surface area contributed by atoms with E-state index in [-0.39, 0.29) is 18.4 Å². The van der Waals surface area contributed by atoms with Gasteiger partial charge in [0.25, 0.3) is 0 Å². The van der Waals surface area contributed by atoms with Crippen molar-refractivity contribution in [2.24, 2.45) is 0 Å². The van der Waals surface area contributed by atoms with Crippen LogP contribution < -0.4 is 5.32 Å². The fourth-order valence-electron chi connectivity index (χ4n) is 3.62. The number of fused-ring (bicyclic) bond motifs is 1. The number of hydrogen-bond acceptors (Lipinski definition) is 2. The van der Waals surface area contributed by atoms with Crippen molar-refractivity contribution in [1.82, 2.24) is 5.32 Å². The molecule has 0 fully saturated rings. The molecule has 0 spiro atoms. The molecule has 0 aliphatic heterocycles. The molecular weight excluding hydrogens is 333 g/mol. The van der Waals surface area contributed by atoms with Crippen LogP contribution in [-0.4, -0.2) is 23.5 Å². The Morgan fingerprint density at radius 1 is 1.15 bits per heavy atom. The first-order valence-corrected chi connectivity index (χ1v) is 8.87. The predicted molar refractivity (Wildman–Crippen MR) is 96.5 cm³/mol. The zero-order valence-corrected chi connectivity index (χ0v) is 14.5. The number of benzene rings is 2. The molecule has 1 amide bonds. The first-order chi connectivity index (χ1) is 12.5. The Labute approximate surface area is 152 Å². The summed E-state index contributed by atoms with van der Waals surface area (Å²) in [5.41, 5.74) is 3.00. The second kappa shape index (κ2) is 8.13. The summed E-state index contributed by atoms with van der Waals surface area (Å²) in [5.74, 6) is -2.33. The number of carbonyl (C=O) groups excluding carboxylic acids is 1. The third-order valence-electron chi connectivity index (χ3n) is 5.00. The van der Waals surface area contributed by atoms with Crippen LogP contribution in [-0.2, 0) is 16.0 Å². The van der Waals surface area contributed by atoms with E-state index in [2.05, 4.69) is 17.4 Å². The maximum Gasteiger partial charge on any atom is 0.312 e. The Bertz CT molecular complexity index is 788. The minimum atomic E-state index is -1.04. The normalized spacial score (nSPS) is 17.2. The van der Waals surface area contributed by atoms with E-state index in [1.807, 2.05) is 12.1 Å². The third-order valence-corrected chi connectivity index (χ3v) is 5.00. The Morgan fingerprint density at radius 3 is 2.62 bits per heavy atom. The van der Waals surface area contributed by atoms with Crippen molar-refractivity contribution in [3.63, 3.8) is 0 Å². The molecule has 0 heterocycles. The van der Waals surface area contributed by atoms with E-state index >= 15 is 0 Å². The molecule has 136 valence electrons. The van der Waals surface area contributed by atoms with Crippen molar-refractivity contribution in [2.75, 3.05) is 6.54 Å². The number of hydrogen-bond donors (Lipinski definition) is 2. The summed E-state index contributed by atoms with van der Waals surface area (Å²) >= 11 is 0. The van der Waals surface area contributed by atoms with E-state index in [0.29, 0.717) is 12.0 Å². The van der Waals surface area contributed by atoms with Gasteiger partial charge in [0, 0.05) is 13.0 Å². The monoisotopic (exact) mass is 355 g/mol. The highest BCUT2D eigenvalue weighted by molar-refractivity contribution is 5.80. The number of nitrogens with one attached hydrogen (secondary N) is 1. The molecule has 5 heteroatoms. The van der Waals surface area contributed by atoms with E-state index < -0.39 is 17.7 Å². The molecule has 1 aliphatic carbocycles. The summed E-state index contributed by atoms with van der Waals surface area (Å²) in [6.07, 6.45) is 3.42. The highest BCUT2D eigenvalue weighted by Gasteiger charge is 2.24. The molecule has 2 atom stereocenters. The lowest BCUT2D eigenvalue weighted by atomic mass is 9.81. The van der Waals surface area contributed by atoms with Crippen molar-refractivity contribution in [3.8, 4) is 0 Å². The SMILES string of the molecule is O=C(CC1CCCc2ccccc21)NCC(C(=O)O)c1ccc(F)cc1. The average Bonchev–Trinajstić information content (AvgIpc) is 2.63. The molecule has 1 aliphatic rings. The molecule has 0 bridgehead atoms. The van der Waals surface area contributed by atoms with Gasteiger partial charge in [-0.1, -0.05) is 36.4 Å². The van der Waals surface area contributed by atoms with Crippen LogP contribution in [0.15, 0.2) is 48.5 Å². The van der Waals surface area contributed by atoms with Gasteiger partial charge in [0.15, 0.2) is 0 Å². The minimum Gasteiger partial charge on any atom is -0.481 e. The molecule has 3 rings (SSSR count). The van der Waals surface area contributed by atoms with Crippen molar-refractivity contribution in [3.05, 3.63) is 71.0 Å². The van der Waals surface area contributed by atoms with Crippen molar-refractivity contribution in [2.45, 2.75) is 37.5 Å². The second-order valence-corrected chi connectivity index (χ2v) is 6.74. The van der Waals surface area contributed by atoms with Gasteiger partial charge in [0.1, 0.15) is 5.82 Å². The zero-order chi connectivity index (χ0) is 18.5. The van der Waals surface area contributed by atoms with Crippen LogP contribution in [0.3, 0.4) is 0 Å². The molecular formula is C21H22FNO3. The molecule has 0 radical (unpaired) electrons. The Kier molecular flexibility index (Phi) is 5.66. The van der Waals surface area contributed by atoms with Gasteiger partial charge in [-0.25, -0.2) is 4.39 Å². The second-order valence-electron chi connectivity index (χ2n) is 6.74. The molecule has 2 aromatic carbocycles. The topological polar surface area (TPSA) is 66.4 Å². The fraction of sp³-hybridized carbons (Fsp3) is 0.333. The summed E-state index contributed by atoms with van der Waals surface area (Å²) in [6, 6.07) is 13.5. The number of halogens is 1. The van der Waals surface area contributed by atoms with Crippen molar-refractivity contribution >= 4 is 11.9 Å². The zero-order valence-electron chi connectivity index (χ0n) is 14.5. The van der Waals surface area contributed by atoms with Crippen LogP contribution in [0, 0.1) is 5.82 Å². The molecule has 0 saturated heterocycles. The van der Waals surface area contributed by atoms with Crippen molar-refractivity contribution in [1.29, 1.82) is 0 Å². The molecule has 2 aromatic rings. The van der Waals surface area contributed by atoms with Gasteiger partial charge < -0.3 is 10.4 Å². The molecule has 0 saturated carbocycles. The number of carboxylic acid groups (broad SMARTS) is 1. The highest BCUT2D eigenvalue weighted by Crippen LogP contribution is 2.33. The summed E-state index contributed by atoms with van der Waals surface area (Å²) in [5, 5.41) is 12.2. The molecule has 0 aromatic heterocycles. The third kappa shape index (κ3) is 4.28. The van der Waals surface area contributed by atoms with Gasteiger partial charge in [-0.3, -0.25) is 9.59 Å². The quantitative estimate of drug-likeness (QED) is 0.832. The van der Waals surface area contributed by atoms with E-state index in [1.54, 1.807) is 0 Å². The Hall–Kier alpha value is -2.69. The van der Waals surface area contributed by atoms with Crippen LogP contribution in [0.25, 0.3) is 0 Å². The Balaban J connectivity index is 1.61. The van der Waals surface area contributed by atoms with Crippen LogP contribution >= 0.6 is 0 Å². The lowest BCUT2D eigenvalue weighted by molar-refractivity contribution is -0.138. The standard InChI is InChI=1S/C21H22FNO3/c22-17-10-8-15(9-11-17)19(21(25)26)13-23-20(24)12-16-6-3-5-14-4-1-2-7-18(14)16/h1-2,4,7-11,16,19H,3,5-6,12-13H2,(H,23,24)(H,25,26). The minimum absolute atomic E-state index is 0.00579. The number of carboxylic acids is 1. The highest BCUT2D eigenvalue weighted by atomic mass is 19.1. The van der Waals surface area contributed by atoms with Crippen LogP contribution in [0.5, 0.6) is 0 Å². The average molecular weight is 355 g/mol. The lowest BCUT2D eigenvalue weighted by Crippen LogP contribution is -2.32. The van der Waals surface area contributed by atoms with E-state index in [0.717, 1.165) is 19.3 Å². The molecule has 26 heavy (non-hydrogen) atoms. The summed E-state index contributed by atoms with van der Waals surface area (Å²) < 4.78 is 13.0. The first-order valence-electron chi connectivity index (χ1n) is 8.87. The first kappa shape index (κ1) is 18.1.